The number of anilines is 1. The summed E-state index contributed by atoms with van der Waals surface area (Å²) < 4.78 is 18.2. The van der Waals surface area contributed by atoms with Gasteiger partial charge in [0.2, 0.25) is 0 Å². The number of nitrogens with zero attached hydrogens (tertiary/aromatic N) is 1. The van der Waals surface area contributed by atoms with Gasteiger partial charge in [-0.1, -0.05) is 18.2 Å². The Balaban J connectivity index is 1.42. The minimum Gasteiger partial charge on any atom is -0.462 e. The van der Waals surface area contributed by atoms with E-state index < -0.39 is 5.97 Å². The molecule has 0 radical (unpaired) electrons. The molecule has 2 atom stereocenters. The van der Waals surface area contributed by atoms with E-state index >= 15 is 0 Å². The largest absolute Gasteiger partial charge is 0.462 e. The van der Waals surface area contributed by atoms with Gasteiger partial charge in [0.15, 0.2) is 0 Å². The second-order valence-corrected chi connectivity index (χ2v) is 8.11. The smallest absolute Gasteiger partial charge is 0.338 e. The molecule has 172 valence electrons. The van der Waals surface area contributed by atoms with Crippen LogP contribution in [-0.2, 0) is 4.74 Å². The van der Waals surface area contributed by atoms with Crippen molar-refractivity contribution >= 4 is 17.7 Å². The van der Waals surface area contributed by atoms with Crippen molar-refractivity contribution in [2.45, 2.75) is 45.1 Å². The molecule has 2 aromatic carbocycles. The molecule has 0 saturated carbocycles. The molecule has 0 aromatic heterocycles. The fourth-order valence-electron chi connectivity index (χ4n) is 4.28. The summed E-state index contributed by atoms with van der Waals surface area (Å²) >= 11 is 0. The summed E-state index contributed by atoms with van der Waals surface area (Å²) in [6.45, 7) is 6.75. The molecule has 1 aliphatic rings. The SMILES string of the molecule is CCOC(=O)c1cccc(NC(=O)NCCCN2CCCC(c3ccc(F)cc3)C2C)c1. The van der Waals surface area contributed by atoms with Crippen LogP contribution in [0.3, 0.4) is 0 Å². The van der Waals surface area contributed by atoms with E-state index in [1.54, 1.807) is 31.2 Å². The van der Waals surface area contributed by atoms with Crippen LogP contribution < -0.4 is 10.6 Å². The van der Waals surface area contributed by atoms with E-state index in [2.05, 4.69) is 22.5 Å². The van der Waals surface area contributed by atoms with E-state index in [4.69, 9.17) is 4.74 Å². The average Bonchev–Trinajstić information content (AvgIpc) is 2.79. The van der Waals surface area contributed by atoms with Crippen molar-refractivity contribution in [3.63, 3.8) is 0 Å². The topological polar surface area (TPSA) is 70.7 Å². The number of piperidine rings is 1. The molecule has 2 unspecified atom stereocenters. The van der Waals surface area contributed by atoms with Gasteiger partial charge in [-0.3, -0.25) is 4.90 Å². The Morgan fingerprint density at radius 3 is 2.72 bits per heavy atom. The summed E-state index contributed by atoms with van der Waals surface area (Å²) in [7, 11) is 0. The second kappa shape index (κ2) is 11.6. The van der Waals surface area contributed by atoms with Crippen molar-refractivity contribution in [1.29, 1.82) is 0 Å². The summed E-state index contributed by atoms with van der Waals surface area (Å²) in [5.41, 5.74) is 2.13. The van der Waals surface area contributed by atoms with Crippen molar-refractivity contribution in [3.8, 4) is 0 Å². The lowest BCUT2D eigenvalue weighted by Gasteiger charge is -2.39. The number of nitrogens with one attached hydrogen (secondary N) is 2. The third kappa shape index (κ3) is 6.53. The molecule has 7 heteroatoms. The van der Waals surface area contributed by atoms with Gasteiger partial charge in [-0.2, -0.15) is 0 Å². The highest BCUT2D eigenvalue weighted by Crippen LogP contribution is 2.32. The number of rotatable bonds is 8. The van der Waals surface area contributed by atoms with Crippen LogP contribution in [0.25, 0.3) is 0 Å². The maximum atomic E-state index is 13.3. The van der Waals surface area contributed by atoms with Crippen molar-refractivity contribution in [1.82, 2.24) is 10.2 Å². The number of esters is 1. The minimum absolute atomic E-state index is 0.203. The molecule has 1 heterocycles. The number of benzene rings is 2. The summed E-state index contributed by atoms with van der Waals surface area (Å²) in [5, 5.41) is 5.63. The van der Waals surface area contributed by atoms with Gasteiger partial charge in [-0.25, -0.2) is 14.0 Å². The summed E-state index contributed by atoms with van der Waals surface area (Å²) in [6.07, 6.45) is 3.04. The summed E-state index contributed by atoms with van der Waals surface area (Å²) in [6, 6.07) is 13.6. The molecule has 32 heavy (non-hydrogen) atoms. The molecule has 3 rings (SSSR count). The summed E-state index contributed by atoms with van der Waals surface area (Å²) in [5.74, 6) is -0.218. The normalized spacial score (nSPS) is 18.7. The van der Waals surface area contributed by atoms with Gasteiger partial charge >= 0.3 is 12.0 Å². The van der Waals surface area contributed by atoms with Crippen LogP contribution in [0.4, 0.5) is 14.9 Å². The van der Waals surface area contributed by atoms with Gasteiger partial charge < -0.3 is 15.4 Å². The molecule has 2 aromatic rings. The van der Waals surface area contributed by atoms with E-state index in [1.807, 2.05) is 12.1 Å². The Morgan fingerprint density at radius 1 is 1.19 bits per heavy atom. The van der Waals surface area contributed by atoms with Gasteiger partial charge in [-0.15, -0.1) is 0 Å². The minimum atomic E-state index is -0.411. The number of carbonyl (C=O) groups is 2. The Morgan fingerprint density at radius 2 is 1.97 bits per heavy atom. The first-order valence-corrected chi connectivity index (χ1v) is 11.3. The fraction of sp³-hybridized carbons (Fsp3) is 0.440. The monoisotopic (exact) mass is 441 g/mol. The number of halogens is 1. The zero-order valence-corrected chi connectivity index (χ0v) is 18.8. The molecule has 0 bridgehead atoms. The van der Waals surface area contributed by atoms with Crippen molar-refractivity contribution < 1.29 is 18.7 Å². The van der Waals surface area contributed by atoms with E-state index in [9.17, 15) is 14.0 Å². The van der Waals surface area contributed by atoms with Crippen LogP contribution in [0.1, 0.15) is 54.9 Å². The van der Waals surface area contributed by atoms with Crippen LogP contribution in [-0.4, -0.2) is 49.2 Å². The van der Waals surface area contributed by atoms with E-state index in [-0.39, 0.29) is 11.8 Å². The predicted molar refractivity (Wildman–Crippen MR) is 123 cm³/mol. The number of amides is 2. The lowest BCUT2D eigenvalue weighted by Crippen LogP contribution is -2.43. The molecule has 6 nitrogen and oxygen atoms in total. The van der Waals surface area contributed by atoms with E-state index in [0.717, 1.165) is 32.4 Å². The van der Waals surface area contributed by atoms with Crippen molar-refractivity contribution in [2.75, 3.05) is 31.6 Å². The Hall–Kier alpha value is -2.93. The van der Waals surface area contributed by atoms with Gasteiger partial charge in [0.25, 0.3) is 0 Å². The second-order valence-electron chi connectivity index (χ2n) is 8.11. The highest BCUT2D eigenvalue weighted by Gasteiger charge is 2.28. The van der Waals surface area contributed by atoms with Gasteiger partial charge in [0.1, 0.15) is 5.82 Å². The Kier molecular flexibility index (Phi) is 8.62. The lowest BCUT2D eigenvalue weighted by molar-refractivity contribution is 0.0526. The molecule has 1 aliphatic heterocycles. The number of likely N-dealkylation sites (tertiary alicyclic amines) is 1. The summed E-state index contributed by atoms with van der Waals surface area (Å²) in [4.78, 5) is 26.5. The maximum Gasteiger partial charge on any atom is 0.338 e. The van der Waals surface area contributed by atoms with Crippen LogP contribution in [0.15, 0.2) is 48.5 Å². The first-order valence-electron chi connectivity index (χ1n) is 11.3. The van der Waals surface area contributed by atoms with Crippen molar-refractivity contribution in [3.05, 3.63) is 65.5 Å². The lowest BCUT2D eigenvalue weighted by atomic mass is 9.84. The van der Waals surface area contributed by atoms with Gasteiger partial charge in [-0.05, 0) is 81.5 Å². The zero-order chi connectivity index (χ0) is 22.9. The number of urea groups is 1. The average molecular weight is 442 g/mol. The Labute approximate surface area is 189 Å². The highest BCUT2D eigenvalue weighted by atomic mass is 19.1. The number of hydrogen-bond donors (Lipinski definition) is 2. The number of ether oxygens (including phenoxy) is 1. The van der Waals surface area contributed by atoms with E-state index in [0.29, 0.717) is 36.4 Å². The van der Waals surface area contributed by atoms with Crippen LogP contribution in [0.2, 0.25) is 0 Å². The van der Waals surface area contributed by atoms with E-state index in [1.165, 1.54) is 17.7 Å². The molecule has 0 aliphatic carbocycles. The fourth-order valence-corrected chi connectivity index (χ4v) is 4.28. The van der Waals surface area contributed by atoms with Crippen molar-refractivity contribution in [2.24, 2.45) is 0 Å². The molecule has 2 N–H and O–H groups in total. The van der Waals surface area contributed by atoms with Crippen LogP contribution in [0.5, 0.6) is 0 Å². The Bertz CT molecular complexity index is 904. The molecular formula is C25H32FN3O3. The maximum absolute atomic E-state index is 13.3. The molecule has 2 amide bonds. The molecular weight excluding hydrogens is 409 g/mol. The predicted octanol–water partition coefficient (Wildman–Crippen LogP) is 4.78. The zero-order valence-electron chi connectivity index (χ0n) is 18.8. The third-order valence-corrected chi connectivity index (χ3v) is 5.96. The van der Waals surface area contributed by atoms with Crippen LogP contribution in [0, 0.1) is 5.82 Å². The molecule has 1 fully saturated rings. The first-order chi connectivity index (χ1) is 15.5. The number of carbonyl (C=O) groups excluding carboxylic acids is 2. The third-order valence-electron chi connectivity index (χ3n) is 5.96. The molecule has 0 spiro atoms. The van der Waals surface area contributed by atoms with Gasteiger partial charge in [0, 0.05) is 24.8 Å². The highest BCUT2D eigenvalue weighted by molar-refractivity contribution is 5.93. The quantitative estimate of drug-likeness (QED) is 0.457. The van der Waals surface area contributed by atoms with Gasteiger partial charge in [0.05, 0.1) is 12.2 Å². The first kappa shape index (κ1) is 23.7. The molecule has 1 saturated heterocycles. The number of hydrogen-bond acceptors (Lipinski definition) is 4. The standard InChI is InChI=1S/C25H32FN3O3/c1-3-32-24(30)20-7-4-8-22(17-20)28-25(31)27-14-6-16-29-15-5-9-23(18(29)2)19-10-12-21(26)13-11-19/h4,7-8,10-13,17-18,23H,3,5-6,9,14-16H2,1-2H3,(H2,27,28,31). The van der Waals surface area contributed by atoms with Crippen LogP contribution >= 0.6 is 0 Å².